The van der Waals surface area contributed by atoms with Crippen LogP contribution < -0.4 is 5.73 Å². The minimum absolute atomic E-state index is 0.0803. The molecule has 25 heavy (non-hydrogen) atoms. The van der Waals surface area contributed by atoms with E-state index in [1.807, 2.05) is 36.2 Å². The molecule has 2 heterocycles. The zero-order valence-corrected chi connectivity index (χ0v) is 14.6. The number of aromatic nitrogens is 1. The molecule has 6 heteroatoms. The molecule has 3 rings (SSSR count). The Morgan fingerprint density at radius 2 is 2.00 bits per heavy atom. The predicted molar refractivity (Wildman–Crippen MR) is 97.7 cm³/mol. The lowest BCUT2D eigenvalue weighted by atomic mass is 10.1. The maximum Gasteiger partial charge on any atom is 0.226 e. The predicted octanol–water partition coefficient (Wildman–Crippen LogP) is 1.18. The Kier molecular flexibility index (Phi) is 5.38. The molecule has 6 nitrogen and oxygen atoms in total. The van der Waals surface area contributed by atoms with Crippen molar-refractivity contribution in [2.45, 2.75) is 13.3 Å². The highest BCUT2D eigenvalue weighted by molar-refractivity contribution is 5.86. The topological polar surface area (TPSA) is 82.4 Å². The summed E-state index contributed by atoms with van der Waals surface area (Å²) in [5.74, 6) is -0.347. The lowest BCUT2D eigenvalue weighted by Gasteiger charge is -2.35. The number of hydrogen-bond acceptors (Lipinski definition) is 3. The van der Waals surface area contributed by atoms with Crippen molar-refractivity contribution < 1.29 is 9.59 Å². The molecule has 133 valence electrons. The Morgan fingerprint density at radius 1 is 1.24 bits per heavy atom. The molecule has 1 saturated heterocycles. The SMILES string of the molecule is CC(CN1CCN(C(=O)[CH]Cc2ccc3[nH]ccc3c2)CC1)C(N)=O. The number of carbonyl (C=O) groups excluding carboxylic acids is 2. The van der Waals surface area contributed by atoms with E-state index in [-0.39, 0.29) is 17.7 Å². The second-order valence-corrected chi connectivity index (χ2v) is 6.74. The van der Waals surface area contributed by atoms with Crippen LogP contribution in [0.5, 0.6) is 0 Å². The molecule has 1 aliphatic rings. The van der Waals surface area contributed by atoms with Gasteiger partial charge >= 0.3 is 0 Å². The van der Waals surface area contributed by atoms with E-state index in [1.54, 1.807) is 6.42 Å². The summed E-state index contributed by atoms with van der Waals surface area (Å²) in [6.45, 7) is 5.46. The van der Waals surface area contributed by atoms with Gasteiger partial charge in [-0.3, -0.25) is 14.5 Å². The molecule has 1 radical (unpaired) electrons. The van der Waals surface area contributed by atoms with Gasteiger partial charge in [0.15, 0.2) is 0 Å². The van der Waals surface area contributed by atoms with Crippen LogP contribution in [0.15, 0.2) is 30.5 Å². The Morgan fingerprint density at radius 3 is 2.72 bits per heavy atom. The van der Waals surface area contributed by atoms with Gasteiger partial charge < -0.3 is 15.6 Å². The van der Waals surface area contributed by atoms with Gasteiger partial charge in [-0.1, -0.05) is 13.0 Å². The Bertz CT molecular complexity index is 747. The van der Waals surface area contributed by atoms with Crippen molar-refractivity contribution in [1.29, 1.82) is 0 Å². The van der Waals surface area contributed by atoms with Crippen molar-refractivity contribution in [3.8, 4) is 0 Å². The van der Waals surface area contributed by atoms with Crippen molar-refractivity contribution in [3.63, 3.8) is 0 Å². The molecular weight excluding hydrogens is 316 g/mol. The largest absolute Gasteiger partial charge is 0.369 e. The number of amides is 2. The number of carbonyl (C=O) groups is 2. The lowest BCUT2D eigenvalue weighted by Crippen LogP contribution is -2.50. The minimum Gasteiger partial charge on any atom is -0.369 e. The molecule has 0 saturated carbocycles. The van der Waals surface area contributed by atoms with Crippen molar-refractivity contribution in [1.82, 2.24) is 14.8 Å². The maximum atomic E-state index is 12.4. The van der Waals surface area contributed by atoms with Crippen LogP contribution in [0.2, 0.25) is 0 Å². The number of benzene rings is 1. The number of nitrogens with one attached hydrogen (secondary N) is 1. The fraction of sp³-hybridized carbons (Fsp3) is 0.421. The molecule has 3 N–H and O–H groups in total. The minimum atomic E-state index is -0.272. The van der Waals surface area contributed by atoms with Gasteiger partial charge in [-0.05, 0) is 35.6 Å². The third-order valence-electron chi connectivity index (χ3n) is 4.83. The third kappa shape index (κ3) is 4.39. The fourth-order valence-corrected chi connectivity index (χ4v) is 3.19. The van der Waals surface area contributed by atoms with Crippen LogP contribution in [0.1, 0.15) is 12.5 Å². The molecule has 1 atom stereocenters. The highest BCUT2D eigenvalue weighted by Crippen LogP contribution is 2.16. The summed E-state index contributed by atoms with van der Waals surface area (Å²) in [6.07, 6.45) is 4.32. The van der Waals surface area contributed by atoms with E-state index in [9.17, 15) is 9.59 Å². The second-order valence-electron chi connectivity index (χ2n) is 6.74. The Balaban J connectivity index is 1.45. The number of fused-ring (bicyclic) bond motifs is 1. The Hall–Kier alpha value is -2.34. The lowest BCUT2D eigenvalue weighted by molar-refractivity contribution is -0.130. The van der Waals surface area contributed by atoms with Crippen LogP contribution in [-0.4, -0.2) is 59.3 Å². The van der Waals surface area contributed by atoms with Crippen molar-refractivity contribution in [2.24, 2.45) is 11.7 Å². The van der Waals surface area contributed by atoms with Crippen molar-refractivity contribution in [2.75, 3.05) is 32.7 Å². The number of hydrogen-bond donors (Lipinski definition) is 2. The number of piperazine rings is 1. The van der Waals surface area contributed by atoms with Gasteiger partial charge in [0.25, 0.3) is 0 Å². The Labute approximate surface area is 148 Å². The monoisotopic (exact) mass is 341 g/mol. The van der Waals surface area contributed by atoms with Crippen LogP contribution in [0.4, 0.5) is 0 Å². The third-order valence-corrected chi connectivity index (χ3v) is 4.83. The first-order valence-corrected chi connectivity index (χ1v) is 8.73. The maximum absolute atomic E-state index is 12.4. The number of nitrogens with two attached hydrogens (primary N) is 1. The molecule has 1 aliphatic heterocycles. The summed E-state index contributed by atoms with van der Waals surface area (Å²) in [5, 5.41) is 1.16. The number of H-pyrrole nitrogens is 1. The summed E-state index contributed by atoms with van der Waals surface area (Å²) < 4.78 is 0. The first-order chi connectivity index (χ1) is 12.0. The van der Waals surface area contributed by atoms with E-state index < -0.39 is 0 Å². The van der Waals surface area contributed by atoms with Gasteiger partial charge in [-0.25, -0.2) is 0 Å². The van der Waals surface area contributed by atoms with Crippen LogP contribution in [-0.2, 0) is 16.0 Å². The van der Waals surface area contributed by atoms with Crippen LogP contribution in [0.25, 0.3) is 10.9 Å². The zero-order valence-electron chi connectivity index (χ0n) is 14.6. The number of rotatable bonds is 6. The quantitative estimate of drug-likeness (QED) is 0.828. The van der Waals surface area contributed by atoms with Crippen LogP contribution in [0.3, 0.4) is 0 Å². The normalized spacial score (nSPS) is 16.9. The average molecular weight is 341 g/mol. The first kappa shape index (κ1) is 17.5. The standard InChI is InChI=1S/C19H25N4O2/c1-14(19(20)25)13-22-8-10-23(11-9-22)18(24)5-3-15-2-4-17-16(12-15)6-7-21-17/h2,4-7,12,14,21H,3,8-11,13H2,1H3,(H2,20,25). The van der Waals surface area contributed by atoms with Gasteiger partial charge in [0.05, 0.1) is 6.42 Å². The second kappa shape index (κ2) is 7.70. The van der Waals surface area contributed by atoms with E-state index in [2.05, 4.69) is 16.0 Å². The van der Waals surface area contributed by atoms with E-state index >= 15 is 0 Å². The van der Waals surface area contributed by atoms with E-state index in [0.717, 1.165) is 29.6 Å². The molecule has 0 bridgehead atoms. The van der Waals surface area contributed by atoms with Crippen molar-refractivity contribution >= 4 is 22.7 Å². The van der Waals surface area contributed by atoms with Gasteiger partial charge in [0.2, 0.25) is 11.8 Å². The number of nitrogens with zero attached hydrogens (tertiary/aromatic N) is 2. The summed E-state index contributed by atoms with van der Waals surface area (Å²) >= 11 is 0. The van der Waals surface area contributed by atoms with Gasteiger partial charge in [0.1, 0.15) is 0 Å². The molecule has 0 spiro atoms. The highest BCUT2D eigenvalue weighted by atomic mass is 16.2. The summed E-state index contributed by atoms with van der Waals surface area (Å²) in [6, 6.07) is 8.24. The molecule has 1 fully saturated rings. The van der Waals surface area contributed by atoms with Crippen LogP contribution >= 0.6 is 0 Å². The number of primary amides is 1. The van der Waals surface area contributed by atoms with E-state index in [0.29, 0.717) is 26.1 Å². The molecule has 2 amide bonds. The highest BCUT2D eigenvalue weighted by Gasteiger charge is 2.23. The molecule has 1 aromatic carbocycles. The summed E-state index contributed by atoms with van der Waals surface area (Å²) in [7, 11) is 0. The van der Waals surface area contributed by atoms with E-state index in [4.69, 9.17) is 5.73 Å². The van der Waals surface area contributed by atoms with E-state index in [1.165, 1.54) is 0 Å². The zero-order chi connectivity index (χ0) is 17.8. The van der Waals surface area contributed by atoms with Crippen LogP contribution in [0, 0.1) is 12.3 Å². The van der Waals surface area contributed by atoms with Gasteiger partial charge in [-0.15, -0.1) is 0 Å². The smallest absolute Gasteiger partial charge is 0.226 e. The average Bonchev–Trinajstić information content (AvgIpc) is 3.08. The van der Waals surface area contributed by atoms with Gasteiger partial charge in [-0.2, -0.15) is 0 Å². The van der Waals surface area contributed by atoms with Gasteiger partial charge in [0, 0.05) is 50.4 Å². The molecular formula is C19H25N4O2. The molecule has 0 aliphatic carbocycles. The molecule has 2 aromatic rings. The fourth-order valence-electron chi connectivity index (χ4n) is 3.19. The summed E-state index contributed by atoms with van der Waals surface area (Å²) in [4.78, 5) is 30.8. The first-order valence-electron chi connectivity index (χ1n) is 8.73. The molecule has 1 unspecified atom stereocenters. The summed E-state index contributed by atoms with van der Waals surface area (Å²) in [5.41, 5.74) is 7.56. The van der Waals surface area contributed by atoms with Crippen molar-refractivity contribution in [3.05, 3.63) is 42.4 Å². The molecule has 1 aromatic heterocycles. The number of aromatic amines is 1.